The van der Waals surface area contributed by atoms with Crippen molar-refractivity contribution in [1.82, 2.24) is 4.72 Å². The Labute approximate surface area is 160 Å². The zero-order chi connectivity index (χ0) is 18.6. The quantitative estimate of drug-likeness (QED) is 0.677. The van der Waals surface area contributed by atoms with Gasteiger partial charge in [-0.05, 0) is 65.7 Å². The van der Waals surface area contributed by atoms with Crippen LogP contribution in [0.4, 0.5) is 0 Å². The lowest BCUT2D eigenvalue weighted by atomic mass is 10.2. The number of rotatable bonds is 6. The fourth-order valence-corrected chi connectivity index (χ4v) is 3.82. The molecule has 2 aromatic rings. The smallest absolute Gasteiger partial charge is 0.339 e. The molecule has 0 unspecified atom stereocenters. The van der Waals surface area contributed by atoms with Gasteiger partial charge < -0.3 is 4.74 Å². The molecule has 5 nitrogen and oxygen atoms in total. The third-order valence-electron chi connectivity index (χ3n) is 3.14. The number of nitrogens with one attached hydrogen (secondary N) is 1. The van der Waals surface area contributed by atoms with Crippen LogP contribution in [0.15, 0.2) is 51.8 Å². The van der Waals surface area contributed by atoms with Gasteiger partial charge in [0.15, 0.2) is 0 Å². The van der Waals surface area contributed by atoms with E-state index in [-0.39, 0.29) is 23.1 Å². The fraction of sp³-hybridized carbons (Fsp3) is 0.235. The minimum atomic E-state index is -3.70. The lowest BCUT2D eigenvalue weighted by molar-refractivity contribution is 0.0471. The van der Waals surface area contributed by atoms with Gasteiger partial charge in [0.1, 0.15) is 6.61 Å². The number of carbonyl (C=O) groups is 1. The molecular weight excluding hydrogens is 430 g/mol. The number of sulfonamides is 1. The van der Waals surface area contributed by atoms with E-state index in [1.165, 1.54) is 18.2 Å². The molecule has 134 valence electrons. The molecule has 0 aliphatic carbocycles. The van der Waals surface area contributed by atoms with Gasteiger partial charge >= 0.3 is 5.97 Å². The maximum atomic E-state index is 12.3. The van der Waals surface area contributed by atoms with E-state index < -0.39 is 16.0 Å². The number of halogens is 2. The average Bonchev–Trinajstić information content (AvgIpc) is 2.53. The molecule has 2 aromatic carbocycles. The topological polar surface area (TPSA) is 72.5 Å². The standard InChI is InChI=1S/C17H17BrClNO4S/c1-11(2)20-25(22,23)14-7-8-16(18)15(9-14)17(21)24-10-12-3-5-13(19)6-4-12/h3-9,11,20H,10H2,1-2H3. The molecule has 0 aliphatic rings. The summed E-state index contributed by atoms with van der Waals surface area (Å²) in [4.78, 5) is 12.3. The largest absolute Gasteiger partial charge is 0.457 e. The van der Waals surface area contributed by atoms with Gasteiger partial charge in [0.25, 0.3) is 0 Å². The van der Waals surface area contributed by atoms with Crippen molar-refractivity contribution in [2.75, 3.05) is 0 Å². The number of esters is 1. The van der Waals surface area contributed by atoms with Crippen molar-refractivity contribution in [3.05, 3.63) is 63.1 Å². The van der Waals surface area contributed by atoms with Gasteiger partial charge in [-0.1, -0.05) is 23.7 Å². The average molecular weight is 447 g/mol. The van der Waals surface area contributed by atoms with E-state index >= 15 is 0 Å². The molecule has 0 saturated heterocycles. The Kier molecular flexibility index (Phi) is 6.62. The van der Waals surface area contributed by atoms with Gasteiger partial charge in [-0.2, -0.15) is 0 Å². The third-order valence-corrected chi connectivity index (χ3v) is 5.74. The molecule has 0 radical (unpaired) electrons. The maximum Gasteiger partial charge on any atom is 0.339 e. The first-order valence-electron chi connectivity index (χ1n) is 7.42. The molecule has 2 rings (SSSR count). The Morgan fingerprint density at radius 3 is 2.44 bits per heavy atom. The van der Waals surface area contributed by atoms with Crippen LogP contribution in [0.25, 0.3) is 0 Å². The molecule has 0 amide bonds. The number of benzene rings is 2. The number of hydrogen-bond acceptors (Lipinski definition) is 4. The van der Waals surface area contributed by atoms with Crippen molar-refractivity contribution in [2.24, 2.45) is 0 Å². The molecule has 0 atom stereocenters. The highest BCUT2D eigenvalue weighted by Crippen LogP contribution is 2.22. The van der Waals surface area contributed by atoms with Crippen LogP contribution in [0.5, 0.6) is 0 Å². The fourth-order valence-electron chi connectivity index (χ4n) is 2.01. The van der Waals surface area contributed by atoms with Crippen LogP contribution < -0.4 is 4.72 Å². The molecular formula is C17H17BrClNO4S. The van der Waals surface area contributed by atoms with Crippen LogP contribution in [0.1, 0.15) is 29.8 Å². The number of hydrogen-bond donors (Lipinski definition) is 1. The van der Waals surface area contributed by atoms with Crippen LogP contribution in [0, 0.1) is 0 Å². The first kappa shape index (κ1) is 19.9. The van der Waals surface area contributed by atoms with Crippen LogP contribution in [-0.4, -0.2) is 20.4 Å². The van der Waals surface area contributed by atoms with Gasteiger partial charge in [-0.15, -0.1) is 0 Å². The van der Waals surface area contributed by atoms with Crippen molar-refractivity contribution in [3.63, 3.8) is 0 Å². The zero-order valence-electron chi connectivity index (χ0n) is 13.6. The normalized spacial score (nSPS) is 11.6. The molecule has 1 N–H and O–H groups in total. The molecule has 0 saturated carbocycles. The Morgan fingerprint density at radius 2 is 1.84 bits per heavy atom. The molecule has 0 fully saturated rings. The first-order valence-corrected chi connectivity index (χ1v) is 10.1. The molecule has 0 heterocycles. The summed E-state index contributed by atoms with van der Waals surface area (Å²) in [5, 5.41) is 0.591. The maximum absolute atomic E-state index is 12.3. The SMILES string of the molecule is CC(C)NS(=O)(=O)c1ccc(Br)c(C(=O)OCc2ccc(Cl)cc2)c1. The second-order valence-electron chi connectivity index (χ2n) is 5.62. The highest BCUT2D eigenvalue weighted by Gasteiger charge is 2.20. The predicted octanol–water partition coefficient (Wildman–Crippen LogP) is 4.15. The molecule has 0 bridgehead atoms. The predicted molar refractivity (Wildman–Crippen MR) is 100 cm³/mol. The molecule has 25 heavy (non-hydrogen) atoms. The van der Waals surface area contributed by atoms with Crippen LogP contribution in [0.2, 0.25) is 5.02 Å². The third kappa shape index (κ3) is 5.54. The van der Waals surface area contributed by atoms with Crippen molar-refractivity contribution >= 4 is 43.5 Å². The molecule has 0 spiro atoms. The minimum absolute atomic E-state index is 0.00263. The molecule has 0 aliphatic heterocycles. The first-order chi connectivity index (χ1) is 11.7. The lowest BCUT2D eigenvalue weighted by Gasteiger charge is -2.12. The molecule has 0 aromatic heterocycles. The monoisotopic (exact) mass is 445 g/mol. The van der Waals surface area contributed by atoms with E-state index in [1.54, 1.807) is 38.1 Å². The van der Waals surface area contributed by atoms with E-state index in [9.17, 15) is 13.2 Å². The lowest BCUT2D eigenvalue weighted by Crippen LogP contribution is -2.30. The summed E-state index contributed by atoms with van der Waals surface area (Å²) in [5.74, 6) is -0.622. The van der Waals surface area contributed by atoms with E-state index in [2.05, 4.69) is 20.7 Å². The summed E-state index contributed by atoms with van der Waals surface area (Å²) in [6.07, 6.45) is 0. The number of ether oxygens (including phenoxy) is 1. The minimum Gasteiger partial charge on any atom is -0.457 e. The summed E-state index contributed by atoms with van der Waals surface area (Å²) in [5.41, 5.74) is 0.916. The second kappa shape index (κ2) is 8.31. The van der Waals surface area contributed by atoms with Crippen LogP contribution in [-0.2, 0) is 21.4 Å². The summed E-state index contributed by atoms with van der Waals surface area (Å²) in [6, 6.07) is 10.9. The molecule has 8 heteroatoms. The van der Waals surface area contributed by atoms with Gasteiger partial charge in [0.2, 0.25) is 10.0 Å². The van der Waals surface area contributed by atoms with Gasteiger partial charge in [0.05, 0.1) is 10.5 Å². The van der Waals surface area contributed by atoms with E-state index in [4.69, 9.17) is 16.3 Å². The zero-order valence-corrected chi connectivity index (χ0v) is 16.8. The van der Waals surface area contributed by atoms with Crippen molar-refractivity contribution in [3.8, 4) is 0 Å². The van der Waals surface area contributed by atoms with Gasteiger partial charge in [-0.25, -0.2) is 17.9 Å². The highest BCUT2D eigenvalue weighted by atomic mass is 79.9. The van der Waals surface area contributed by atoms with Gasteiger partial charge in [-0.3, -0.25) is 0 Å². The summed E-state index contributed by atoms with van der Waals surface area (Å²) < 4.78 is 32.7. The number of carbonyl (C=O) groups excluding carboxylic acids is 1. The van der Waals surface area contributed by atoms with E-state index in [0.717, 1.165) is 5.56 Å². The summed E-state index contributed by atoms with van der Waals surface area (Å²) >= 11 is 9.06. The Bertz CT molecular complexity index is 867. The summed E-state index contributed by atoms with van der Waals surface area (Å²) in [7, 11) is -3.70. The van der Waals surface area contributed by atoms with Crippen molar-refractivity contribution in [1.29, 1.82) is 0 Å². The Balaban J connectivity index is 2.19. The highest BCUT2D eigenvalue weighted by molar-refractivity contribution is 9.10. The van der Waals surface area contributed by atoms with E-state index in [0.29, 0.717) is 9.50 Å². The van der Waals surface area contributed by atoms with Crippen molar-refractivity contribution in [2.45, 2.75) is 31.4 Å². The van der Waals surface area contributed by atoms with Gasteiger partial charge in [0, 0.05) is 15.5 Å². The Morgan fingerprint density at radius 1 is 1.20 bits per heavy atom. The second-order valence-corrected chi connectivity index (χ2v) is 8.62. The van der Waals surface area contributed by atoms with E-state index in [1.807, 2.05) is 0 Å². The van der Waals surface area contributed by atoms with Crippen LogP contribution >= 0.6 is 27.5 Å². The Hall–Kier alpha value is -1.41. The van der Waals surface area contributed by atoms with Crippen LogP contribution in [0.3, 0.4) is 0 Å². The summed E-state index contributed by atoms with van der Waals surface area (Å²) in [6.45, 7) is 3.50. The van der Waals surface area contributed by atoms with Crippen molar-refractivity contribution < 1.29 is 17.9 Å².